The van der Waals surface area contributed by atoms with Crippen LogP contribution < -0.4 is 20.1 Å². The number of likely N-dealkylation sites (N-methyl/N-ethyl adjacent to an activating group) is 1. The topological polar surface area (TPSA) is 156 Å². The first-order chi connectivity index (χ1) is 20.6. The highest BCUT2D eigenvalue weighted by Crippen LogP contribution is 2.35. The van der Waals surface area contributed by atoms with Gasteiger partial charge in [0, 0.05) is 25.6 Å². The minimum absolute atomic E-state index is 0.0942. The molecule has 1 saturated heterocycles. The summed E-state index contributed by atoms with van der Waals surface area (Å²) in [5.41, 5.74) is 0.966. The zero-order chi connectivity index (χ0) is 32.3. The van der Waals surface area contributed by atoms with Crippen LogP contribution in [0.25, 0.3) is 0 Å². The van der Waals surface area contributed by atoms with Crippen molar-refractivity contribution in [2.24, 2.45) is 10.9 Å². The number of sulfonamides is 1. The molecule has 1 amide bonds. The lowest BCUT2D eigenvalue weighted by Gasteiger charge is -2.34. The van der Waals surface area contributed by atoms with E-state index in [1.165, 1.54) is 10.4 Å². The Kier molecular flexibility index (Phi) is 9.47. The van der Waals surface area contributed by atoms with Crippen LogP contribution in [0.15, 0.2) is 64.2 Å². The first-order valence-electron chi connectivity index (χ1n) is 13.6. The first kappa shape index (κ1) is 32.6. The molecule has 234 valence electrons. The van der Waals surface area contributed by atoms with Crippen LogP contribution in [-0.2, 0) is 25.2 Å². The standard InChI is InChI=1S/C27H29N5O4S.C2HF3O2/c1-27(25-16-29-18-31(25)2)21-10-9-20(15-28)24(13-21)36-22-6-3-7-23(14-22)37(34,35)32-12-4-5-19(17-32)8-11-26(33)30-27;3-2(4,5)1(6)7/h3,6-7,9-10,13-14,16,18-19H,4-5,8,11-12,17H2,1-2H3,(H,30,33);(H,6,7)/t19-,27?;/m0./s1. The molecule has 1 fully saturated rings. The van der Waals surface area contributed by atoms with E-state index in [0.717, 1.165) is 29.0 Å². The molecule has 0 radical (unpaired) electrons. The Balaban J connectivity index is 0.000000566. The molecule has 2 aromatic carbocycles. The number of piperidine rings is 1. The SMILES string of the molecule is C[NH+]1C=NC=C1C1(C)NC(=O)CC[C@@H]2CCCN(C2)S(=O)(=O)c2cccc(c2)Oc2cc1ccc2C#N.O=C([O-])C(F)(F)F. The van der Waals surface area contributed by atoms with Gasteiger partial charge in [-0.2, -0.15) is 22.7 Å². The third-order valence-corrected chi connectivity index (χ3v) is 9.53. The molecule has 3 aliphatic heterocycles. The minimum Gasteiger partial charge on any atom is -0.542 e. The maximum atomic E-state index is 13.4. The molecule has 0 aliphatic carbocycles. The second kappa shape index (κ2) is 12.8. The number of carboxylic acids is 1. The summed E-state index contributed by atoms with van der Waals surface area (Å²) in [6.07, 6.45) is 0.804. The quantitative estimate of drug-likeness (QED) is 0.483. The average Bonchev–Trinajstić information content (AvgIpc) is 3.42. The number of carboxylic acid groups (broad SMARTS) is 1. The number of ether oxygens (including phenoxy) is 1. The number of nitrogens with zero attached hydrogens (tertiary/aromatic N) is 3. The highest BCUT2D eigenvalue weighted by Gasteiger charge is 2.41. The minimum atomic E-state index is -5.19. The zero-order valence-electron chi connectivity index (χ0n) is 23.8. The van der Waals surface area contributed by atoms with Crippen LogP contribution in [0.1, 0.15) is 43.7 Å². The Morgan fingerprint density at radius 3 is 2.61 bits per heavy atom. The molecular weight excluding hydrogens is 603 g/mol. The Labute approximate surface area is 252 Å². The van der Waals surface area contributed by atoms with Gasteiger partial charge in [0.2, 0.25) is 15.9 Å². The van der Waals surface area contributed by atoms with Crippen molar-refractivity contribution < 1.29 is 45.9 Å². The van der Waals surface area contributed by atoms with E-state index in [1.807, 2.05) is 14.0 Å². The number of aliphatic carboxylic acids is 1. The van der Waals surface area contributed by atoms with Crippen LogP contribution in [0.4, 0.5) is 13.2 Å². The summed E-state index contributed by atoms with van der Waals surface area (Å²) in [7, 11) is -1.78. The Bertz CT molecular complexity index is 1650. The van der Waals surface area contributed by atoms with Gasteiger partial charge in [-0.15, -0.1) is 0 Å². The van der Waals surface area contributed by atoms with Gasteiger partial charge >= 0.3 is 6.18 Å². The highest BCUT2D eigenvalue weighted by molar-refractivity contribution is 7.89. The number of halogens is 3. The third kappa shape index (κ3) is 7.09. The summed E-state index contributed by atoms with van der Waals surface area (Å²) in [5, 5.41) is 21.7. The van der Waals surface area contributed by atoms with Crippen LogP contribution in [0.5, 0.6) is 11.5 Å². The van der Waals surface area contributed by atoms with E-state index in [9.17, 15) is 31.6 Å². The van der Waals surface area contributed by atoms with Gasteiger partial charge < -0.3 is 20.0 Å². The smallest absolute Gasteiger partial charge is 0.430 e. The molecule has 2 aromatic rings. The number of nitrogens with one attached hydrogen (secondary N) is 2. The zero-order valence-corrected chi connectivity index (χ0v) is 24.7. The van der Waals surface area contributed by atoms with Crippen LogP contribution in [0.2, 0.25) is 0 Å². The van der Waals surface area contributed by atoms with Crippen molar-refractivity contribution >= 4 is 28.2 Å². The van der Waals surface area contributed by atoms with Gasteiger partial charge in [0.15, 0.2) is 12.0 Å². The van der Waals surface area contributed by atoms with Gasteiger partial charge in [-0.3, -0.25) is 9.69 Å². The summed E-state index contributed by atoms with van der Waals surface area (Å²) in [5.74, 6) is -2.46. The van der Waals surface area contributed by atoms with E-state index < -0.39 is 27.7 Å². The number of amides is 1. The van der Waals surface area contributed by atoms with Crippen LogP contribution in [0, 0.1) is 17.2 Å². The van der Waals surface area contributed by atoms with E-state index >= 15 is 0 Å². The molecule has 0 spiro atoms. The molecule has 6 bridgehead atoms. The molecule has 4 atom stereocenters. The Morgan fingerprint density at radius 1 is 1.25 bits per heavy atom. The first-order valence-corrected chi connectivity index (χ1v) is 15.1. The Morgan fingerprint density at radius 2 is 1.98 bits per heavy atom. The number of aliphatic imine (C=N–C) groups is 1. The van der Waals surface area contributed by atoms with Crippen molar-refractivity contribution in [2.45, 2.75) is 49.2 Å². The fourth-order valence-corrected chi connectivity index (χ4v) is 6.95. The lowest BCUT2D eigenvalue weighted by Crippen LogP contribution is -3.07. The summed E-state index contributed by atoms with van der Waals surface area (Å²) in [4.78, 5) is 27.5. The van der Waals surface area contributed by atoms with Crippen molar-refractivity contribution in [3.8, 4) is 17.6 Å². The second-order valence-corrected chi connectivity index (χ2v) is 12.7. The number of hydrogen-bond donors (Lipinski definition) is 2. The third-order valence-electron chi connectivity index (χ3n) is 7.67. The largest absolute Gasteiger partial charge is 0.542 e. The molecule has 3 heterocycles. The number of quaternary nitrogens is 1. The molecular formula is C29H30F3N5O6S. The molecule has 5 rings (SSSR count). The monoisotopic (exact) mass is 633 g/mol. The number of carbonyl (C=O) groups excluding carboxylic acids is 2. The Hall–Kier alpha value is -4.26. The number of hydrogen-bond acceptors (Lipinski definition) is 8. The van der Waals surface area contributed by atoms with E-state index in [1.54, 1.807) is 48.9 Å². The number of nitriles is 1. The molecule has 15 heteroatoms. The van der Waals surface area contributed by atoms with Gasteiger partial charge in [0.05, 0.1) is 23.7 Å². The molecule has 3 aliphatic rings. The van der Waals surface area contributed by atoms with Crippen molar-refractivity contribution in [3.05, 3.63) is 65.5 Å². The predicted molar refractivity (Wildman–Crippen MR) is 148 cm³/mol. The number of fused-ring (bicyclic) bond motifs is 6. The summed E-state index contributed by atoms with van der Waals surface area (Å²) < 4.78 is 66.1. The summed E-state index contributed by atoms with van der Waals surface area (Å²) in [6, 6.07) is 13.7. The fraction of sp³-hybridized carbons (Fsp3) is 0.379. The molecule has 0 aromatic heterocycles. The van der Waals surface area contributed by atoms with Crippen LogP contribution in [0.3, 0.4) is 0 Å². The molecule has 11 nitrogen and oxygen atoms in total. The van der Waals surface area contributed by atoms with Crippen molar-refractivity contribution in [3.63, 3.8) is 0 Å². The maximum absolute atomic E-state index is 13.4. The van der Waals surface area contributed by atoms with Gasteiger partial charge in [-0.05, 0) is 61.9 Å². The fourth-order valence-electron chi connectivity index (χ4n) is 5.36. The lowest BCUT2D eigenvalue weighted by atomic mass is 9.86. The number of alkyl halides is 3. The molecule has 0 saturated carbocycles. The number of carbonyl (C=O) groups is 2. The van der Waals surface area contributed by atoms with Crippen LogP contribution >= 0.6 is 0 Å². The van der Waals surface area contributed by atoms with E-state index in [4.69, 9.17) is 14.6 Å². The number of benzene rings is 2. The van der Waals surface area contributed by atoms with E-state index in [0.29, 0.717) is 30.8 Å². The van der Waals surface area contributed by atoms with Crippen molar-refractivity contribution in [1.82, 2.24) is 9.62 Å². The van der Waals surface area contributed by atoms with Gasteiger partial charge in [-0.25, -0.2) is 13.4 Å². The van der Waals surface area contributed by atoms with Gasteiger partial charge in [-0.1, -0.05) is 12.1 Å². The van der Waals surface area contributed by atoms with Gasteiger partial charge in [0.25, 0.3) is 0 Å². The molecule has 44 heavy (non-hydrogen) atoms. The summed E-state index contributed by atoms with van der Waals surface area (Å²) >= 11 is 0. The normalized spacial score (nSPS) is 26.1. The van der Waals surface area contributed by atoms with E-state index in [-0.39, 0.29) is 28.9 Å². The predicted octanol–water partition coefficient (Wildman–Crippen LogP) is 1.57. The second-order valence-electron chi connectivity index (χ2n) is 10.8. The highest BCUT2D eigenvalue weighted by atomic mass is 32.2. The van der Waals surface area contributed by atoms with Crippen molar-refractivity contribution in [1.29, 1.82) is 5.26 Å². The number of rotatable bonds is 1. The molecule has 2 N–H and O–H groups in total. The lowest BCUT2D eigenvalue weighted by molar-refractivity contribution is -0.733. The molecule has 3 unspecified atom stereocenters. The van der Waals surface area contributed by atoms with Gasteiger partial charge in [0.1, 0.15) is 29.1 Å². The van der Waals surface area contributed by atoms with Crippen LogP contribution in [-0.4, -0.2) is 57.3 Å². The maximum Gasteiger partial charge on any atom is 0.430 e. The summed E-state index contributed by atoms with van der Waals surface area (Å²) in [6.45, 7) is 2.75. The van der Waals surface area contributed by atoms with Crippen molar-refractivity contribution in [2.75, 3.05) is 20.1 Å². The average molecular weight is 634 g/mol. The van der Waals surface area contributed by atoms with E-state index in [2.05, 4.69) is 16.4 Å².